The van der Waals surface area contributed by atoms with Crippen LogP contribution in [0.3, 0.4) is 0 Å². The molecule has 0 atom stereocenters. The van der Waals surface area contributed by atoms with Crippen molar-refractivity contribution in [2.45, 2.75) is 12.8 Å². The number of rotatable bonds is 5. The number of aliphatic hydroxyl groups excluding tert-OH is 1. The highest BCUT2D eigenvalue weighted by Crippen LogP contribution is 1.99. The van der Waals surface area contributed by atoms with Gasteiger partial charge in [0.05, 0.1) is 27.1 Å². The zero-order chi connectivity index (χ0) is 8.91. The van der Waals surface area contributed by atoms with Gasteiger partial charge in [-0.2, -0.15) is 0 Å². The van der Waals surface area contributed by atoms with Crippen molar-refractivity contribution in [3.05, 3.63) is 0 Å². The quantitative estimate of drug-likeness (QED) is 0.437. The van der Waals surface area contributed by atoms with Crippen LogP contribution in [0.1, 0.15) is 12.8 Å². The van der Waals surface area contributed by atoms with Crippen molar-refractivity contribution >= 4 is 5.97 Å². The lowest BCUT2D eigenvalue weighted by atomic mass is 10.3. The van der Waals surface area contributed by atoms with Crippen molar-refractivity contribution in [3.8, 4) is 0 Å². The molecule has 66 valence electrons. The minimum absolute atomic E-state index is 0.0552. The molecule has 0 saturated carbocycles. The van der Waals surface area contributed by atoms with E-state index in [1.807, 2.05) is 14.1 Å². The molecule has 0 unspecified atom stereocenters. The lowest BCUT2D eigenvalue weighted by Crippen LogP contribution is -2.41. The van der Waals surface area contributed by atoms with Gasteiger partial charge in [-0.3, -0.25) is 4.79 Å². The zero-order valence-electron chi connectivity index (χ0n) is 7.08. The average molecular weight is 162 g/mol. The van der Waals surface area contributed by atoms with E-state index in [-0.39, 0.29) is 13.2 Å². The minimum atomic E-state index is -0.775. The van der Waals surface area contributed by atoms with Crippen LogP contribution >= 0.6 is 0 Å². The lowest BCUT2D eigenvalue weighted by molar-refractivity contribution is -0.908. The fourth-order valence-corrected chi connectivity index (χ4v) is 0.729. The molecule has 0 fully saturated rings. The van der Waals surface area contributed by atoms with Crippen LogP contribution in [0.4, 0.5) is 0 Å². The Hall–Kier alpha value is -0.610. The Morgan fingerprint density at radius 3 is 2.36 bits per heavy atom. The largest absolute Gasteiger partial charge is 0.481 e. The summed E-state index contributed by atoms with van der Waals surface area (Å²) in [5, 5.41) is 17.1. The van der Waals surface area contributed by atoms with Gasteiger partial charge in [-0.1, -0.05) is 0 Å². The van der Waals surface area contributed by atoms with Crippen LogP contribution in [0, 0.1) is 0 Å². The van der Waals surface area contributed by atoms with Gasteiger partial charge in [0, 0.05) is 6.42 Å². The van der Waals surface area contributed by atoms with Crippen LogP contribution < -0.4 is 0 Å². The van der Waals surface area contributed by atoms with Crippen molar-refractivity contribution in [1.29, 1.82) is 0 Å². The molecule has 4 nitrogen and oxygen atoms in total. The second-order valence-electron chi connectivity index (χ2n) is 3.30. The zero-order valence-corrected chi connectivity index (χ0v) is 7.08. The summed E-state index contributed by atoms with van der Waals surface area (Å²) in [5.41, 5.74) is 0. The Kier molecular flexibility index (Phi) is 4.07. The summed E-state index contributed by atoms with van der Waals surface area (Å²) in [7, 11) is 3.73. The highest BCUT2D eigenvalue weighted by molar-refractivity contribution is 5.66. The Labute approximate surface area is 66.6 Å². The Morgan fingerprint density at radius 2 is 2.00 bits per heavy atom. The van der Waals surface area contributed by atoms with Crippen LogP contribution in [-0.2, 0) is 4.79 Å². The van der Waals surface area contributed by atoms with E-state index < -0.39 is 5.97 Å². The van der Waals surface area contributed by atoms with Crippen LogP contribution in [0.2, 0.25) is 0 Å². The smallest absolute Gasteiger partial charge is 0.303 e. The van der Waals surface area contributed by atoms with Gasteiger partial charge in [0.15, 0.2) is 6.73 Å². The van der Waals surface area contributed by atoms with Crippen LogP contribution in [0.5, 0.6) is 0 Å². The SMILES string of the molecule is C[N+](C)(CO)CCCC(=O)O. The van der Waals surface area contributed by atoms with Crippen molar-refractivity contribution in [1.82, 2.24) is 0 Å². The van der Waals surface area contributed by atoms with Crippen LogP contribution in [0.25, 0.3) is 0 Å². The number of aliphatic carboxylic acids is 1. The van der Waals surface area contributed by atoms with E-state index in [1.165, 1.54) is 0 Å². The number of carboxylic acid groups (broad SMARTS) is 1. The summed E-state index contributed by atoms with van der Waals surface area (Å²) >= 11 is 0. The predicted octanol–water partition coefficient (Wildman–Crippen LogP) is -0.123. The molecule has 0 saturated heterocycles. The number of hydrogen-bond acceptors (Lipinski definition) is 2. The molecule has 0 rings (SSSR count). The molecule has 0 amide bonds. The van der Waals surface area contributed by atoms with Gasteiger partial charge in [-0.15, -0.1) is 0 Å². The normalized spacial score (nSPS) is 11.5. The number of quaternary nitrogens is 1. The van der Waals surface area contributed by atoms with E-state index in [0.717, 1.165) is 0 Å². The molecule has 11 heavy (non-hydrogen) atoms. The summed E-state index contributed by atoms with van der Waals surface area (Å²) in [6, 6.07) is 0. The summed E-state index contributed by atoms with van der Waals surface area (Å²) in [6.07, 6.45) is 0.796. The second kappa shape index (κ2) is 4.31. The van der Waals surface area contributed by atoms with Gasteiger partial charge < -0.3 is 14.7 Å². The standard InChI is InChI=1S/C7H15NO3/c1-8(2,6-9)5-3-4-7(10)11/h9H,3-6H2,1-2H3/p+1. The molecule has 0 aliphatic rings. The molecule has 0 aromatic rings. The van der Waals surface area contributed by atoms with Crippen LogP contribution in [0.15, 0.2) is 0 Å². The van der Waals surface area contributed by atoms with E-state index in [9.17, 15) is 4.79 Å². The monoisotopic (exact) mass is 162 g/mol. The first-order valence-electron chi connectivity index (χ1n) is 3.62. The van der Waals surface area contributed by atoms with Crippen molar-refractivity contribution in [2.24, 2.45) is 0 Å². The number of carboxylic acids is 1. The van der Waals surface area contributed by atoms with Crippen molar-refractivity contribution in [3.63, 3.8) is 0 Å². The molecule has 0 aliphatic carbocycles. The van der Waals surface area contributed by atoms with E-state index in [0.29, 0.717) is 17.4 Å². The third-order valence-corrected chi connectivity index (χ3v) is 1.54. The van der Waals surface area contributed by atoms with Crippen molar-refractivity contribution < 1.29 is 19.5 Å². The summed E-state index contributed by atoms with van der Waals surface area (Å²) in [5.74, 6) is -0.775. The number of nitrogens with zero attached hydrogens (tertiary/aromatic N) is 1. The first-order chi connectivity index (χ1) is 4.98. The molecule has 4 heteroatoms. The first kappa shape index (κ1) is 10.4. The molecular weight excluding hydrogens is 146 g/mol. The third kappa shape index (κ3) is 5.82. The molecular formula is C7H16NO3+. The fraction of sp³-hybridized carbons (Fsp3) is 0.857. The molecule has 0 radical (unpaired) electrons. The van der Waals surface area contributed by atoms with Crippen molar-refractivity contribution in [2.75, 3.05) is 27.4 Å². The number of aliphatic hydroxyl groups is 1. The average Bonchev–Trinajstić information content (AvgIpc) is 1.87. The Balaban J connectivity index is 3.45. The summed E-state index contributed by atoms with van der Waals surface area (Å²) in [6.45, 7) is 0.752. The third-order valence-electron chi connectivity index (χ3n) is 1.54. The first-order valence-corrected chi connectivity index (χ1v) is 3.62. The summed E-state index contributed by atoms with van der Waals surface area (Å²) in [4.78, 5) is 10.1. The van der Waals surface area contributed by atoms with Gasteiger partial charge >= 0.3 is 5.97 Å². The molecule has 0 bridgehead atoms. The highest BCUT2D eigenvalue weighted by atomic mass is 16.4. The maximum absolute atomic E-state index is 10.1. The molecule has 0 aromatic carbocycles. The second-order valence-corrected chi connectivity index (χ2v) is 3.30. The van der Waals surface area contributed by atoms with Gasteiger partial charge in [0.2, 0.25) is 0 Å². The predicted molar refractivity (Wildman–Crippen MR) is 40.9 cm³/mol. The molecule has 0 heterocycles. The van der Waals surface area contributed by atoms with E-state index in [1.54, 1.807) is 0 Å². The highest BCUT2D eigenvalue weighted by Gasteiger charge is 2.12. The minimum Gasteiger partial charge on any atom is -0.481 e. The summed E-state index contributed by atoms with van der Waals surface area (Å²) < 4.78 is 0.466. The van der Waals surface area contributed by atoms with Crippen LogP contribution in [-0.4, -0.2) is 48.0 Å². The van der Waals surface area contributed by atoms with E-state index >= 15 is 0 Å². The lowest BCUT2D eigenvalue weighted by Gasteiger charge is -2.26. The molecule has 2 N–H and O–H groups in total. The Morgan fingerprint density at radius 1 is 1.45 bits per heavy atom. The molecule has 0 aromatic heterocycles. The Bertz CT molecular complexity index is 134. The van der Waals surface area contributed by atoms with Gasteiger partial charge in [-0.05, 0) is 0 Å². The fourth-order valence-electron chi connectivity index (χ4n) is 0.729. The molecule has 0 spiro atoms. The van der Waals surface area contributed by atoms with Gasteiger partial charge in [-0.25, -0.2) is 0 Å². The topological polar surface area (TPSA) is 57.5 Å². The van der Waals surface area contributed by atoms with Gasteiger partial charge in [0.25, 0.3) is 0 Å². The maximum atomic E-state index is 10.1. The number of hydrogen-bond donors (Lipinski definition) is 2. The van der Waals surface area contributed by atoms with E-state index in [2.05, 4.69) is 0 Å². The van der Waals surface area contributed by atoms with E-state index in [4.69, 9.17) is 10.2 Å². The molecule has 0 aliphatic heterocycles. The number of carbonyl (C=O) groups is 1. The maximum Gasteiger partial charge on any atom is 0.303 e. The van der Waals surface area contributed by atoms with Gasteiger partial charge in [0.1, 0.15) is 0 Å².